The number of amides is 2. The molecule has 0 bridgehead atoms. The monoisotopic (exact) mass is 370 g/mol. The van der Waals surface area contributed by atoms with Gasteiger partial charge in [-0.2, -0.15) is 0 Å². The van der Waals surface area contributed by atoms with E-state index in [4.69, 9.17) is 4.74 Å². The number of nitro benzene ring substituents is 1. The van der Waals surface area contributed by atoms with Gasteiger partial charge in [0.2, 0.25) is 0 Å². The number of benzene rings is 2. The zero-order valence-corrected chi connectivity index (χ0v) is 14.6. The van der Waals surface area contributed by atoms with Gasteiger partial charge in [0.25, 0.3) is 16.8 Å². The Morgan fingerprint density at radius 3 is 2.58 bits per heavy atom. The summed E-state index contributed by atoms with van der Waals surface area (Å²) in [6, 6.07) is 12.9. The second-order valence-electron chi connectivity index (χ2n) is 5.47. The van der Waals surface area contributed by atoms with Crippen LogP contribution in [0, 0.1) is 10.1 Å². The second kappa shape index (κ2) is 7.40. The van der Waals surface area contributed by atoms with Gasteiger partial charge in [0.15, 0.2) is 0 Å². The van der Waals surface area contributed by atoms with Crippen LogP contribution in [0.15, 0.2) is 53.4 Å². The summed E-state index contributed by atoms with van der Waals surface area (Å²) < 4.78 is 5.15. The number of imide groups is 1. The molecule has 1 fully saturated rings. The summed E-state index contributed by atoms with van der Waals surface area (Å²) in [7, 11) is 1.55. The lowest BCUT2D eigenvalue weighted by Gasteiger charge is -2.12. The third kappa shape index (κ3) is 3.75. The maximum absolute atomic E-state index is 12.5. The molecule has 1 saturated heterocycles. The number of ether oxygens (including phenoxy) is 1. The number of hydrogen-bond acceptors (Lipinski definition) is 6. The van der Waals surface area contributed by atoms with E-state index in [2.05, 4.69) is 0 Å². The minimum Gasteiger partial charge on any atom is -0.497 e. The molecular weight excluding hydrogens is 356 g/mol. The van der Waals surface area contributed by atoms with E-state index in [1.807, 2.05) is 6.07 Å². The zero-order valence-electron chi connectivity index (χ0n) is 13.7. The van der Waals surface area contributed by atoms with E-state index in [0.29, 0.717) is 16.2 Å². The number of carbonyl (C=O) groups excluding carboxylic acids is 2. The van der Waals surface area contributed by atoms with E-state index in [1.165, 1.54) is 24.3 Å². The van der Waals surface area contributed by atoms with Gasteiger partial charge in [-0.15, -0.1) is 0 Å². The molecule has 132 valence electrons. The average molecular weight is 370 g/mol. The van der Waals surface area contributed by atoms with Crippen LogP contribution in [0.4, 0.5) is 10.5 Å². The van der Waals surface area contributed by atoms with Crippen LogP contribution in [0.2, 0.25) is 0 Å². The van der Waals surface area contributed by atoms with Gasteiger partial charge in [-0.05, 0) is 41.1 Å². The van der Waals surface area contributed by atoms with Crippen molar-refractivity contribution in [1.29, 1.82) is 0 Å². The van der Waals surface area contributed by atoms with Crippen LogP contribution in [0.25, 0.3) is 6.08 Å². The molecule has 7 nitrogen and oxygen atoms in total. The second-order valence-corrected chi connectivity index (χ2v) is 6.46. The fraction of sp³-hybridized carbons (Fsp3) is 0.111. The lowest BCUT2D eigenvalue weighted by Crippen LogP contribution is -2.27. The lowest BCUT2D eigenvalue weighted by atomic mass is 10.2. The molecule has 0 saturated carbocycles. The lowest BCUT2D eigenvalue weighted by molar-refractivity contribution is -0.384. The molecule has 0 aliphatic carbocycles. The summed E-state index contributed by atoms with van der Waals surface area (Å²) in [5, 5.41) is 10.3. The van der Waals surface area contributed by atoms with E-state index >= 15 is 0 Å². The van der Waals surface area contributed by atoms with Crippen molar-refractivity contribution in [1.82, 2.24) is 4.90 Å². The first-order valence-corrected chi connectivity index (χ1v) is 8.42. The number of hydrogen-bond donors (Lipinski definition) is 0. The third-order valence-corrected chi connectivity index (χ3v) is 4.66. The molecule has 1 aliphatic heterocycles. The molecule has 3 rings (SSSR count). The van der Waals surface area contributed by atoms with Crippen molar-refractivity contribution in [2.75, 3.05) is 7.11 Å². The fourth-order valence-corrected chi connectivity index (χ4v) is 3.26. The highest BCUT2D eigenvalue weighted by molar-refractivity contribution is 8.18. The molecular formula is C18H14N2O5S. The Balaban J connectivity index is 1.78. The number of methoxy groups -OCH3 is 1. The molecule has 0 N–H and O–H groups in total. The van der Waals surface area contributed by atoms with Gasteiger partial charge < -0.3 is 4.74 Å². The van der Waals surface area contributed by atoms with E-state index < -0.39 is 4.92 Å². The number of thioether (sulfide) groups is 1. The smallest absolute Gasteiger partial charge is 0.293 e. The Bertz CT molecular complexity index is 908. The third-order valence-electron chi connectivity index (χ3n) is 3.75. The molecule has 0 radical (unpaired) electrons. The van der Waals surface area contributed by atoms with Crippen LogP contribution in [0.5, 0.6) is 5.75 Å². The van der Waals surface area contributed by atoms with Crippen LogP contribution in [-0.2, 0) is 11.3 Å². The quantitative estimate of drug-likeness (QED) is 0.451. The van der Waals surface area contributed by atoms with Gasteiger partial charge in [0.1, 0.15) is 5.75 Å². The van der Waals surface area contributed by atoms with Gasteiger partial charge in [-0.25, -0.2) is 0 Å². The predicted molar refractivity (Wildman–Crippen MR) is 97.6 cm³/mol. The van der Waals surface area contributed by atoms with Crippen molar-refractivity contribution in [3.63, 3.8) is 0 Å². The first-order chi connectivity index (χ1) is 12.5. The number of nitro groups is 1. The van der Waals surface area contributed by atoms with Gasteiger partial charge >= 0.3 is 0 Å². The first-order valence-electron chi connectivity index (χ1n) is 7.60. The minimum atomic E-state index is -0.499. The maximum Gasteiger partial charge on any atom is 0.293 e. The highest BCUT2D eigenvalue weighted by atomic mass is 32.2. The average Bonchev–Trinajstić information content (AvgIpc) is 2.90. The largest absolute Gasteiger partial charge is 0.497 e. The molecule has 2 aromatic carbocycles. The van der Waals surface area contributed by atoms with Gasteiger partial charge in [-0.1, -0.05) is 24.3 Å². The van der Waals surface area contributed by atoms with Crippen LogP contribution < -0.4 is 4.74 Å². The topological polar surface area (TPSA) is 89.8 Å². The molecule has 1 heterocycles. The van der Waals surface area contributed by atoms with Crippen molar-refractivity contribution in [2.24, 2.45) is 0 Å². The van der Waals surface area contributed by atoms with Crippen molar-refractivity contribution >= 4 is 34.7 Å². The first kappa shape index (κ1) is 17.7. The standard InChI is InChI=1S/C18H14N2O5S/c1-25-15-4-2-3-13(9-15)10-16-17(21)19(18(22)26-16)11-12-5-7-14(8-6-12)20(23)24/h2-10H,11H2,1H3/b16-10-. The Morgan fingerprint density at radius 2 is 1.92 bits per heavy atom. The predicted octanol–water partition coefficient (Wildman–Crippen LogP) is 3.84. The van der Waals surface area contributed by atoms with Crippen molar-refractivity contribution in [3.8, 4) is 5.75 Å². The Kier molecular flexibility index (Phi) is 5.04. The highest BCUT2D eigenvalue weighted by Crippen LogP contribution is 2.33. The molecule has 0 unspecified atom stereocenters. The van der Waals surface area contributed by atoms with Gasteiger partial charge in [0.05, 0.1) is 23.5 Å². The Hall–Kier alpha value is -3.13. The molecule has 0 aromatic heterocycles. The molecule has 2 amide bonds. The summed E-state index contributed by atoms with van der Waals surface area (Å²) in [5.41, 5.74) is 1.35. The summed E-state index contributed by atoms with van der Waals surface area (Å²) >= 11 is 0.867. The Labute approximate surface area is 153 Å². The fourth-order valence-electron chi connectivity index (χ4n) is 2.42. The van der Waals surface area contributed by atoms with E-state index in [-0.39, 0.29) is 23.4 Å². The van der Waals surface area contributed by atoms with Crippen LogP contribution in [0.3, 0.4) is 0 Å². The van der Waals surface area contributed by atoms with E-state index in [1.54, 1.807) is 31.4 Å². The van der Waals surface area contributed by atoms with Crippen LogP contribution in [-0.4, -0.2) is 28.1 Å². The number of carbonyl (C=O) groups is 2. The van der Waals surface area contributed by atoms with Crippen molar-refractivity contribution in [3.05, 3.63) is 74.7 Å². The molecule has 8 heteroatoms. The minimum absolute atomic E-state index is 0.0409. The molecule has 0 spiro atoms. The summed E-state index contributed by atoms with van der Waals surface area (Å²) in [6.07, 6.45) is 1.64. The number of rotatable bonds is 5. The van der Waals surface area contributed by atoms with E-state index in [0.717, 1.165) is 22.2 Å². The highest BCUT2D eigenvalue weighted by Gasteiger charge is 2.35. The number of nitrogens with zero attached hydrogens (tertiary/aromatic N) is 2. The molecule has 26 heavy (non-hydrogen) atoms. The summed E-state index contributed by atoms with van der Waals surface area (Å²) in [6.45, 7) is 0.0676. The normalized spacial score (nSPS) is 15.6. The summed E-state index contributed by atoms with van der Waals surface area (Å²) in [5.74, 6) is 0.269. The van der Waals surface area contributed by atoms with Crippen molar-refractivity contribution in [2.45, 2.75) is 6.54 Å². The zero-order chi connectivity index (χ0) is 18.7. The molecule has 1 aliphatic rings. The Morgan fingerprint density at radius 1 is 1.19 bits per heavy atom. The number of non-ortho nitro benzene ring substituents is 1. The molecule has 2 aromatic rings. The molecule has 0 atom stereocenters. The van der Waals surface area contributed by atoms with Crippen LogP contribution in [0.1, 0.15) is 11.1 Å². The van der Waals surface area contributed by atoms with Crippen LogP contribution >= 0.6 is 11.8 Å². The van der Waals surface area contributed by atoms with Crippen molar-refractivity contribution < 1.29 is 19.2 Å². The van der Waals surface area contributed by atoms with Gasteiger partial charge in [0, 0.05) is 12.1 Å². The maximum atomic E-state index is 12.5. The SMILES string of the molecule is COc1cccc(/C=C2\SC(=O)N(Cc3ccc([N+](=O)[O-])cc3)C2=O)c1. The van der Waals surface area contributed by atoms with E-state index in [9.17, 15) is 19.7 Å². The summed E-state index contributed by atoms with van der Waals surface area (Å²) in [4.78, 5) is 36.4. The van der Waals surface area contributed by atoms with Gasteiger partial charge in [-0.3, -0.25) is 24.6 Å².